The number of nitrogens with zero attached hydrogens (tertiary/aromatic N) is 2. The van der Waals surface area contributed by atoms with Crippen molar-refractivity contribution in [2.24, 2.45) is 0 Å². The first-order valence-corrected chi connectivity index (χ1v) is 9.00. The van der Waals surface area contributed by atoms with Gasteiger partial charge in [-0.25, -0.2) is 0 Å². The van der Waals surface area contributed by atoms with Crippen molar-refractivity contribution >= 4 is 28.6 Å². The highest BCUT2D eigenvalue weighted by Gasteiger charge is 2.23. The van der Waals surface area contributed by atoms with Crippen molar-refractivity contribution in [2.45, 2.75) is 0 Å². The fourth-order valence-corrected chi connectivity index (χ4v) is 2.80. The van der Waals surface area contributed by atoms with Crippen LogP contribution in [0.1, 0.15) is 5.56 Å². The molecule has 0 aromatic heterocycles. The van der Waals surface area contributed by atoms with E-state index in [2.05, 4.69) is 0 Å². The lowest BCUT2D eigenvalue weighted by Gasteiger charge is -2.23. The zero-order valence-corrected chi connectivity index (χ0v) is 15.9. The van der Waals surface area contributed by atoms with E-state index in [0.29, 0.717) is 11.1 Å². The minimum Gasteiger partial charge on any atom is -0.342 e. The maximum absolute atomic E-state index is 13.0. The van der Waals surface area contributed by atoms with Crippen LogP contribution in [0.15, 0.2) is 97.2 Å². The molecule has 0 aliphatic carbocycles. The van der Waals surface area contributed by atoms with Crippen LogP contribution in [0.3, 0.4) is 0 Å². The zero-order valence-electron chi connectivity index (χ0n) is 15.9. The summed E-state index contributed by atoms with van der Waals surface area (Å²) in [6.07, 6.45) is 1.74. The quantitative estimate of drug-likeness (QED) is 0.473. The first-order chi connectivity index (χ1) is 13.6. The number of Topliss-reactive ketones (excluding diaryl/α,β-unsaturated/α-hetero) is 1. The predicted octanol–water partition coefficient (Wildman–Crippen LogP) is 4.52. The van der Waals surface area contributed by atoms with E-state index in [1.54, 1.807) is 20.3 Å². The summed E-state index contributed by atoms with van der Waals surface area (Å²) in [6, 6.07) is 28.7. The summed E-state index contributed by atoms with van der Waals surface area (Å²) in [7, 11) is 3.16. The number of benzene rings is 3. The minimum absolute atomic E-state index is 0.340. The van der Waals surface area contributed by atoms with E-state index in [1.807, 2.05) is 95.9 Å². The van der Waals surface area contributed by atoms with Gasteiger partial charge in [0.15, 0.2) is 0 Å². The van der Waals surface area contributed by atoms with Gasteiger partial charge in [-0.1, -0.05) is 66.7 Å². The summed E-state index contributed by atoms with van der Waals surface area (Å²) in [4.78, 5) is 28.6. The van der Waals surface area contributed by atoms with Gasteiger partial charge in [-0.05, 0) is 29.8 Å². The Bertz CT molecular complexity index is 926. The number of carbonyl (C=O) groups excluding carboxylic acids is 2. The number of carbonyl (C=O) groups is 2. The van der Waals surface area contributed by atoms with E-state index < -0.39 is 11.7 Å². The number of ketones is 1. The number of amides is 1. The lowest BCUT2D eigenvalue weighted by atomic mass is 10.0. The van der Waals surface area contributed by atoms with Gasteiger partial charge in [0.05, 0.1) is 5.57 Å². The Kier molecular flexibility index (Phi) is 6.02. The molecule has 0 atom stereocenters. The third-order valence-corrected chi connectivity index (χ3v) is 4.26. The van der Waals surface area contributed by atoms with Gasteiger partial charge in [0.2, 0.25) is 0 Å². The highest BCUT2D eigenvalue weighted by atomic mass is 16.2. The van der Waals surface area contributed by atoms with E-state index in [1.165, 1.54) is 4.90 Å². The summed E-state index contributed by atoms with van der Waals surface area (Å²) in [5.74, 6) is -1.11. The van der Waals surface area contributed by atoms with Gasteiger partial charge in [-0.3, -0.25) is 9.59 Å². The molecule has 3 aromatic carbocycles. The molecule has 4 nitrogen and oxygen atoms in total. The van der Waals surface area contributed by atoms with Gasteiger partial charge in [-0.15, -0.1) is 0 Å². The van der Waals surface area contributed by atoms with Gasteiger partial charge in [-0.2, -0.15) is 0 Å². The zero-order chi connectivity index (χ0) is 19.9. The van der Waals surface area contributed by atoms with E-state index in [4.69, 9.17) is 0 Å². The standard InChI is InChI=1S/C24H22N2O2/c1-25(2)24(28)23(27)22(19-12-6-3-7-13-19)18-26(20-14-8-4-9-15-20)21-16-10-5-11-17-21/h3-18H,1-2H3/b22-18+. The van der Waals surface area contributed by atoms with Crippen LogP contribution in [0.2, 0.25) is 0 Å². The fourth-order valence-electron chi connectivity index (χ4n) is 2.80. The van der Waals surface area contributed by atoms with Gasteiger partial charge < -0.3 is 9.80 Å². The number of hydrogen-bond acceptors (Lipinski definition) is 3. The highest BCUT2D eigenvalue weighted by molar-refractivity contribution is 6.53. The maximum Gasteiger partial charge on any atom is 0.294 e. The summed E-state index contributed by atoms with van der Waals surface area (Å²) in [5, 5.41) is 0. The van der Waals surface area contributed by atoms with E-state index >= 15 is 0 Å². The van der Waals surface area contributed by atoms with Gasteiger partial charge in [0.25, 0.3) is 11.7 Å². The van der Waals surface area contributed by atoms with Gasteiger partial charge in [0, 0.05) is 31.7 Å². The van der Waals surface area contributed by atoms with Gasteiger partial charge in [0.1, 0.15) is 0 Å². The second-order valence-electron chi connectivity index (χ2n) is 6.48. The number of rotatable bonds is 6. The van der Waals surface area contributed by atoms with Crippen molar-refractivity contribution in [1.29, 1.82) is 0 Å². The molecule has 140 valence electrons. The van der Waals surface area contributed by atoms with Crippen LogP contribution >= 0.6 is 0 Å². The molecular weight excluding hydrogens is 348 g/mol. The van der Waals surface area contributed by atoms with Crippen LogP contribution in [0.4, 0.5) is 11.4 Å². The van der Waals surface area contributed by atoms with Crippen LogP contribution in [-0.2, 0) is 9.59 Å². The lowest BCUT2D eigenvalue weighted by Crippen LogP contribution is -2.31. The topological polar surface area (TPSA) is 40.6 Å². The molecule has 0 radical (unpaired) electrons. The summed E-state index contributed by atoms with van der Waals surface area (Å²) < 4.78 is 0. The fraction of sp³-hybridized carbons (Fsp3) is 0.0833. The van der Waals surface area contributed by atoms with Crippen molar-refractivity contribution in [1.82, 2.24) is 4.90 Å². The third kappa shape index (κ3) is 4.35. The van der Waals surface area contributed by atoms with Crippen molar-refractivity contribution in [3.8, 4) is 0 Å². The largest absolute Gasteiger partial charge is 0.342 e. The van der Waals surface area contributed by atoms with Gasteiger partial charge >= 0.3 is 0 Å². The molecule has 0 aliphatic rings. The first kappa shape index (κ1) is 19.1. The minimum atomic E-state index is -0.559. The molecule has 0 aliphatic heterocycles. The van der Waals surface area contributed by atoms with Crippen LogP contribution in [0, 0.1) is 0 Å². The molecule has 0 heterocycles. The highest BCUT2D eigenvalue weighted by Crippen LogP contribution is 2.28. The van der Waals surface area contributed by atoms with Crippen LogP contribution in [-0.4, -0.2) is 30.7 Å². The summed E-state index contributed by atoms with van der Waals surface area (Å²) in [5.41, 5.74) is 2.83. The van der Waals surface area contributed by atoms with E-state index in [9.17, 15) is 9.59 Å². The first-order valence-electron chi connectivity index (χ1n) is 9.00. The lowest BCUT2D eigenvalue weighted by molar-refractivity contribution is -0.139. The normalized spacial score (nSPS) is 11.0. The molecule has 28 heavy (non-hydrogen) atoms. The molecule has 0 fully saturated rings. The third-order valence-electron chi connectivity index (χ3n) is 4.26. The molecule has 0 N–H and O–H groups in total. The maximum atomic E-state index is 13.0. The number of hydrogen-bond donors (Lipinski definition) is 0. The molecule has 3 rings (SSSR count). The van der Waals surface area contributed by atoms with E-state index in [-0.39, 0.29) is 0 Å². The van der Waals surface area contributed by atoms with Crippen molar-refractivity contribution < 1.29 is 9.59 Å². The SMILES string of the molecule is CN(C)C(=O)C(=O)/C(=C/N(c1ccccc1)c1ccccc1)c1ccccc1. The Morgan fingerprint density at radius 2 is 1.11 bits per heavy atom. The molecule has 4 heteroatoms. The molecule has 0 bridgehead atoms. The van der Waals surface area contributed by atoms with Crippen LogP contribution in [0.5, 0.6) is 0 Å². The molecule has 0 unspecified atom stereocenters. The molecule has 1 amide bonds. The molecule has 0 saturated heterocycles. The molecule has 0 saturated carbocycles. The predicted molar refractivity (Wildman–Crippen MR) is 113 cm³/mol. The van der Waals surface area contributed by atoms with Crippen molar-refractivity contribution in [2.75, 3.05) is 19.0 Å². The second kappa shape index (κ2) is 8.82. The van der Waals surface area contributed by atoms with Crippen LogP contribution < -0.4 is 4.90 Å². The summed E-state index contributed by atoms with van der Waals surface area (Å²) >= 11 is 0. The van der Waals surface area contributed by atoms with E-state index in [0.717, 1.165) is 11.4 Å². The summed E-state index contributed by atoms with van der Waals surface area (Å²) in [6.45, 7) is 0. The van der Waals surface area contributed by atoms with Crippen LogP contribution in [0.25, 0.3) is 5.57 Å². The molecule has 3 aromatic rings. The average Bonchev–Trinajstić information content (AvgIpc) is 2.75. The Morgan fingerprint density at radius 3 is 1.54 bits per heavy atom. The Labute approximate surface area is 165 Å². The number of para-hydroxylation sites is 2. The Balaban J connectivity index is 2.17. The second-order valence-corrected chi connectivity index (χ2v) is 6.48. The number of likely N-dealkylation sites (N-methyl/N-ethyl adjacent to an activating group) is 1. The van der Waals surface area contributed by atoms with Crippen molar-refractivity contribution in [3.05, 3.63) is 103 Å². The smallest absolute Gasteiger partial charge is 0.294 e. The number of anilines is 2. The monoisotopic (exact) mass is 370 g/mol. The average molecular weight is 370 g/mol. The molecular formula is C24H22N2O2. The Morgan fingerprint density at radius 1 is 0.679 bits per heavy atom. The van der Waals surface area contributed by atoms with Crippen molar-refractivity contribution in [3.63, 3.8) is 0 Å². The molecule has 0 spiro atoms. The Hall–Kier alpha value is -3.66.